The van der Waals surface area contributed by atoms with Crippen molar-refractivity contribution in [2.75, 3.05) is 19.7 Å². The molecular formula is C18H19ClN2O3S. The smallest absolute Gasteiger partial charge is 0.358 e. The first-order chi connectivity index (χ1) is 12.0. The highest BCUT2D eigenvalue weighted by molar-refractivity contribution is 7.13. The Kier molecular flexibility index (Phi) is 5.71. The average molecular weight is 379 g/mol. The maximum atomic E-state index is 12.1. The molecule has 0 radical (unpaired) electrons. The summed E-state index contributed by atoms with van der Waals surface area (Å²) < 4.78 is 5.13. The molecule has 1 aliphatic rings. The maximum absolute atomic E-state index is 12.1. The standard InChI is InChI=1S/C18H19ClN2O3S/c1-12-5-7-21(8-6-12)16(22)10-24-18(23)15-11-25-17(20-15)13-3-2-4-14(19)9-13/h2-4,9,11-12H,5-8,10H2,1H3. The Labute approximate surface area is 155 Å². The predicted molar refractivity (Wildman–Crippen MR) is 97.8 cm³/mol. The number of ether oxygens (including phenoxy) is 1. The van der Waals surface area contributed by atoms with Gasteiger partial charge in [-0.2, -0.15) is 0 Å². The molecule has 3 rings (SSSR count). The molecule has 0 unspecified atom stereocenters. The van der Waals surface area contributed by atoms with E-state index in [4.69, 9.17) is 16.3 Å². The Bertz CT molecular complexity index is 769. The molecule has 132 valence electrons. The Morgan fingerprint density at radius 2 is 2.12 bits per heavy atom. The van der Waals surface area contributed by atoms with Gasteiger partial charge in [0.2, 0.25) is 0 Å². The highest BCUT2D eigenvalue weighted by atomic mass is 35.5. The molecule has 0 bridgehead atoms. The minimum absolute atomic E-state index is 0.148. The molecule has 1 aromatic heterocycles. The van der Waals surface area contributed by atoms with Gasteiger partial charge in [-0.05, 0) is 30.9 Å². The van der Waals surface area contributed by atoms with Crippen molar-refractivity contribution < 1.29 is 14.3 Å². The third-order valence-electron chi connectivity index (χ3n) is 4.25. The number of halogens is 1. The van der Waals surface area contributed by atoms with E-state index >= 15 is 0 Å². The number of amides is 1. The minimum Gasteiger partial charge on any atom is -0.451 e. The van der Waals surface area contributed by atoms with Crippen LogP contribution in [0.5, 0.6) is 0 Å². The van der Waals surface area contributed by atoms with E-state index in [0.29, 0.717) is 15.9 Å². The number of piperidine rings is 1. The van der Waals surface area contributed by atoms with Gasteiger partial charge in [0, 0.05) is 29.1 Å². The average Bonchev–Trinajstić information content (AvgIpc) is 3.10. The summed E-state index contributed by atoms with van der Waals surface area (Å²) in [5, 5.41) is 2.93. The molecule has 0 atom stereocenters. The first-order valence-electron chi connectivity index (χ1n) is 8.19. The van der Waals surface area contributed by atoms with Crippen molar-refractivity contribution in [3.8, 4) is 10.6 Å². The second-order valence-electron chi connectivity index (χ2n) is 6.19. The van der Waals surface area contributed by atoms with E-state index in [-0.39, 0.29) is 18.2 Å². The number of nitrogens with zero attached hydrogens (tertiary/aromatic N) is 2. The minimum atomic E-state index is -0.580. The van der Waals surface area contributed by atoms with Crippen molar-refractivity contribution in [1.29, 1.82) is 0 Å². The van der Waals surface area contributed by atoms with Gasteiger partial charge in [0.1, 0.15) is 5.01 Å². The number of esters is 1. The van der Waals surface area contributed by atoms with Crippen LogP contribution >= 0.6 is 22.9 Å². The Hall–Kier alpha value is -1.92. The number of aromatic nitrogens is 1. The zero-order valence-electron chi connectivity index (χ0n) is 13.9. The van der Waals surface area contributed by atoms with Gasteiger partial charge in [0.15, 0.2) is 12.3 Å². The maximum Gasteiger partial charge on any atom is 0.358 e. The van der Waals surface area contributed by atoms with E-state index in [1.54, 1.807) is 22.4 Å². The van der Waals surface area contributed by atoms with E-state index in [1.165, 1.54) is 11.3 Å². The summed E-state index contributed by atoms with van der Waals surface area (Å²) in [5.41, 5.74) is 1.05. The second kappa shape index (κ2) is 7.97. The monoisotopic (exact) mass is 378 g/mol. The van der Waals surface area contributed by atoms with Gasteiger partial charge in [-0.3, -0.25) is 4.79 Å². The lowest BCUT2D eigenvalue weighted by Gasteiger charge is -2.30. The molecule has 1 fully saturated rings. The van der Waals surface area contributed by atoms with Crippen LogP contribution in [-0.2, 0) is 9.53 Å². The Morgan fingerprint density at radius 1 is 1.36 bits per heavy atom. The third-order valence-corrected chi connectivity index (χ3v) is 5.37. The van der Waals surface area contributed by atoms with E-state index in [2.05, 4.69) is 11.9 Å². The highest BCUT2D eigenvalue weighted by Gasteiger charge is 2.22. The largest absolute Gasteiger partial charge is 0.451 e. The number of thiazole rings is 1. The molecule has 1 saturated heterocycles. The molecule has 7 heteroatoms. The zero-order valence-corrected chi connectivity index (χ0v) is 15.5. The zero-order chi connectivity index (χ0) is 17.8. The molecule has 0 N–H and O–H groups in total. The lowest BCUT2D eigenvalue weighted by molar-refractivity contribution is -0.135. The second-order valence-corrected chi connectivity index (χ2v) is 7.48. The van der Waals surface area contributed by atoms with E-state index in [0.717, 1.165) is 31.5 Å². The summed E-state index contributed by atoms with van der Waals surface area (Å²) in [5.74, 6) is -0.0830. The number of carbonyl (C=O) groups excluding carboxylic acids is 2. The van der Waals surface area contributed by atoms with Gasteiger partial charge in [0.25, 0.3) is 5.91 Å². The normalized spacial score (nSPS) is 15.2. The van der Waals surface area contributed by atoms with Gasteiger partial charge >= 0.3 is 5.97 Å². The van der Waals surface area contributed by atoms with E-state index in [1.807, 2.05) is 12.1 Å². The lowest BCUT2D eigenvalue weighted by atomic mass is 9.99. The molecule has 2 aromatic rings. The number of rotatable bonds is 4. The summed E-state index contributed by atoms with van der Waals surface area (Å²) in [7, 11) is 0. The Balaban J connectivity index is 1.56. The number of carbonyl (C=O) groups is 2. The SMILES string of the molecule is CC1CCN(C(=O)COC(=O)c2csc(-c3cccc(Cl)c3)n2)CC1. The number of hydrogen-bond donors (Lipinski definition) is 0. The molecule has 0 saturated carbocycles. The lowest BCUT2D eigenvalue weighted by Crippen LogP contribution is -2.40. The fourth-order valence-electron chi connectivity index (χ4n) is 2.67. The molecule has 1 aliphatic heterocycles. The number of likely N-dealkylation sites (tertiary alicyclic amines) is 1. The summed E-state index contributed by atoms with van der Waals surface area (Å²) in [4.78, 5) is 30.3. The van der Waals surface area contributed by atoms with Crippen LogP contribution in [-0.4, -0.2) is 41.5 Å². The summed E-state index contributed by atoms with van der Waals surface area (Å²) in [6.45, 7) is 3.40. The molecular weight excluding hydrogens is 360 g/mol. The molecule has 5 nitrogen and oxygen atoms in total. The van der Waals surface area contributed by atoms with Crippen molar-refractivity contribution in [3.05, 3.63) is 40.4 Å². The first kappa shape index (κ1) is 17.9. The van der Waals surface area contributed by atoms with Crippen molar-refractivity contribution in [2.45, 2.75) is 19.8 Å². The predicted octanol–water partition coefficient (Wildman–Crippen LogP) is 3.88. The van der Waals surface area contributed by atoms with Crippen LogP contribution in [0.2, 0.25) is 5.02 Å². The van der Waals surface area contributed by atoms with Crippen LogP contribution < -0.4 is 0 Å². The van der Waals surface area contributed by atoms with Crippen LogP contribution in [0.3, 0.4) is 0 Å². The molecule has 25 heavy (non-hydrogen) atoms. The van der Waals surface area contributed by atoms with Crippen molar-refractivity contribution in [2.24, 2.45) is 5.92 Å². The van der Waals surface area contributed by atoms with Crippen LogP contribution in [0.25, 0.3) is 10.6 Å². The molecule has 1 aromatic carbocycles. The number of hydrogen-bond acceptors (Lipinski definition) is 5. The molecule has 0 aliphatic carbocycles. The van der Waals surface area contributed by atoms with Gasteiger partial charge in [-0.1, -0.05) is 30.7 Å². The van der Waals surface area contributed by atoms with E-state index < -0.39 is 5.97 Å². The van der Waals surface area contributed by atoms with Gasteiger partial charge in [-0.25, -0.2) is 9.78 Å². The van der Waals surface area contributed by atoms with Crippen molar-refractivity contribution in [3.63, 3.8) is 0 Å². The van der Waals surface area contributed by atoms with Gasteiger partial charge in [-0.15, -0.1) is 11.3 Å². The third kappa shape index (κ3) is 4.58. The summed E-state index contributed by atoms with van der Waals surface area (Å²) in [6.07, 6.45) is 1.99. The quantitative estimate of drug-likeness (QED) is 0.757. The topological polar surface area (TPSA) is 59.5 Å². The Morgan fingerprint density at radius 3 is 2.84 bits per heavy atom. The fraction of sp³-hybridized carbons (Fsp3) is 0.389. The number of benzene rings is 1. The van der Waals surface area contributed by atoms with Gasteiger partial charge < -0.3 is 9.64 Å². The summed E-state index contributed by atoms with van der Waals surface area (Å²) >= 11 is 7.31. The van der Waals surface area contributed by atoms with Crippen LogP contribution in [0.15, 0.2) is 29.6 Å². The van der Waals surface area contributed by atoms with Crippen LogP contribution in [0.4, 0.5) is 0 Å². The first-order valence-corrected chi connectivity index (χ1v) is 9.45. The van der Waals surface area contributed by atoms with Crippen molar-refractivity contribution in [1.82, 2.24) is 9.88 Å². The van der Waals surface area contributed by atoms with E-state index in [9.17, 15) is 9.59 Å². The molecule has 0 spiro atoms. The highest BCUT2D eigenvalue weighted by Crippen LogP contribution is 2.26. The van der Waals surface area contributed by atoms with Crippen molar-refractivity contribution >= 4 is 34.8 Å². The molecule has 2 heterocycles. The van der Waals surface area contributed by atoms with Crippen LogP contribution in [0, 0.1) is 5.92 Å². The molecule has 1 amide bonds. The van der Waals surface area contributed by atoms with Gasteiger partial charge in [0.05, 0.1) is 0 Å². The fourth-order valence-corrected chi connectivity index (χ4v) is 3.65. The van der Waals surface area contributed by atoms with Crippen LogP contribution in [0.1, 0.15) is 30.3 Å². The summed E-state index contributed by atoms with van der Waals surface area (Å²) in [6, 6.07) is 7.27.